The maximum atomic E-state index is 12.0. The van der Waals surface area contributed by atoms with Gasteiger partial charge < -0.3 is 10.2 Å². The smallest absolute Gasteiger partial charge is 0.226 e. The van der Waals surface area contributed by atoms with E-state index < -0.39 is 0 Å². The van der Waals surface area contributed by atoms with E-state index in [2.05, 4.69) is 29.0 Å². The van der Waals surface area contributed by atoms with E-state index in [0.29, 0.717) is 18.0 Å². The van der Waals surface area contributed by atoms with E-state index >= 15 is 0 Å². The Hall–Kier alpha value is -1.43. The van der Waals surface area contributed by atoms with E-state index in [1.54, 1.807) is 0 Å². The second-order valence-electron chi connectivity index (χ2n) is 5.53. The Balaban J connectivity index is 1.80. The number of nitrogens with zero attached hydrogens (tertiary/aromatic N) is 2. The van der Waals surface area contributed by atoms with Crippen molar-refractivity contribution in [1.82, 2.24) is 15.2 Å². The molecule has 0 radical (unpaired) electrons. The Bertz CT molecular complexity index is 655. The molecule has 2 aromatic rings. The summed E-state index contributed by atoms with van der Waals surface area (Å²) in [6.45, 7) is 8.13. The Kier molecular flexibility index (Phi) is 7.69. The minimum Gasteiger partial charge on any atom is -0.356 e. The monoisotopic (exact) mass is 365 g/mol. The van der Waals surface area contributed by atoms with Gasteiger partial charge in [-0.05, 0) is 32.1 Å². The standard InChI is InChI=1S/C18H24ClN3OS/c1-3-22(4-2)11-7-10-20-17(23)12-14-13-24-18(21-14)15-8-5-6-9-16(15)19/h5-6,8-9,13H,3-4,7,10-12H2,1-2H3,(H,20,23). The molecule has 1 amide bonds. The van der Waals surface area contributed by atoms with Crippen LogP contribution in [-0.4, -0.2) is 42.0 Å². The van der Waals surface area contributed by atoms with Gasteiger partial charge in [-0.25, -0.2) is 4.98 Å². The molecule has 0 aliphatic carbocycles. The maximum absolute atomic E-state index is 12.0. The molecule has 0 aliphatic heterocycles. The molecule has 0 saturated heterocycles. The van der Waals surface area contributed by atoms with E-state index in [4.69, 9.17) is 11.6 Å². The Morgan fingerprint density at radius 2 is 2.04 bits per heavy atom. The van der Waals surface area contributed by atoms with Crippen molar-refractivity contribution in [1.29, 1.82) is 0 Å². The summed E-state index contributed by atoms with van der Waals surface area (Å²) < 4.78 is 0. The number of nitrogens with one attached hydrogen (secondary N) is 1. The van der Waals surface area contributed by atoms with Crippen LogP contribution in [0.25, 0.3) is 10.6 Å². The van der Waals surface area contributed by atoms with Crippen molar-refractivity contribution in [2.24, 2.45) is 0 Å². The highest BCUT2D eigenvalue weighted by Crippen LogP contribution is 2.30. The third kappa shape index (κ3) is 5.58. The fraction of sp³-hybridized carbons (Fsp3) is 0.444. The molecule has 130 valence electrons. The van der Waals surface area contributed by atoms with Crippen LogP contribution in [0.5, 0.6) is 0 Å². The van der Waals surface area contributed by atoms with Crippen LogP contribution < -0.4 is 5.32 Å². The second kappa shape index (κ2) is 9.77. The Morgan fingerprint density at radius 3 is 2.75 bits per heavy atom. The van der Waals surface area contributed by atoms with Crippen LogP contribution in [0.2, 0.25) is 5.02 Å². The number of thiazole rings is 1. The minimum absolute atomic E-state index is 0.0190. The number of carbonyl (C=O) groups is 1. The lowest BCUT2D eigenvalue weighted by Crippen LogP contribution is -2.30. The first-order valence-corrected chi connectivity index (χ1v) is 9.58. The van der Waals surface area contributed by atoms with Crippen molar-refractivity contribution < 1.29 is 4.79 Å². The summed E-state index contributed by atoms with van der Waals surface area (Å²) in [6.07, 6.45) is 1.28. The largest absolute Gasteiger partial charge is 0.356 e. The zero-order chi connectivity index (χ0) is 17.4. The van der Waals surface area contributed by atoms with Crippen molar-refractivity contribution >= 4 is 28.8 Å². The predicted molar refractivity (Wildman–Crippen MR) is 102 cm³/mol. The summed E-state index contributed by atoms with van der Waals surface area (Å²) in [4.78, 5) is 18.9. The molecule has 0 fully saturated rings. The fourth-order valence-electron chi connectivity index (χ4n) is 2.44. The Morgan fingerprint density at radius 1 is 1.29 bits per heavy atom. The minimum atomic E-state index is 0.0190. The first kappa shape index (κ1) is 18.9. The van der Waals surface area contributed by atoms with Crippen LogP contribution in [0.1, 0.15) is 26.0 Å². The quantitative estimate of drug-likeness (QED) is 0.686. The van der Waals surface area contributed by atoms with E-state index in [1.165, 1.54) is 11.3 Å². The average molecular weight is 366 g/mol. The molecule has 0 saturated carbocycles. The SMILES string of the molecule is CCN(CC)CCCNC(=O)Cc1csc(-c2ccccc2Cl)n1. The summed E-state index contributed by atoms with van der Waals surface area (Å²) in [6, 6.07) is 7.62. The number of halogens is 1. The number of benzene rings is 1. The van der Waals surface area contributed by atoms with Gasteiger partial charge in [-0.1, -0.05) is 43.6 Å². The molecule has 0 spiro atoms. The molecule has 4 nitrogen and oxygen atoms in total. The third-order valence-corrected chi connectivity index (χ3v) is 5.12. The van der Waals surface area contributed by atoms with Crippen molar-refractivity contribution in [3.63, 3.8) is 0 Å². The summed E-state index contributed by atoms with van der Waals surface area (Å²) in [5, 5.41) is 6.42. The summed E-state index contributed by atoms with van der Waals surface area (Å²) in [5.74, 6) is 0.0190. The molecule has 0 atom stereocenters. The van der Waals surface area contributed by atoms with Gasteiger partial charge in [0.2, 0.25) is 5.91 Å². The number of carbonyl (C=O) groups excluding carboxylic acids is 1. The number of rotatable bonds is 9. The molecular weight excluding hydrogens is 342 g/mol. The van der Waals surface area contributed by atoms with Gasteiger partial charge in [-0.3, -0.25) is 4.79 Å². The van der Waals surface area contributed by atoms with Gasteiger partial charge >= 0.3 is 0 Å². The van der Waals surface area contributed by atoms with Gasteiger partial charge in [0.05, 0.1) is 17.1 Å². The van der Waals surface area contributed by atoms with Gasteiger partial charge in [0.1, 0.15) is 5.01 Å². The number of aromatic nitrogens is 1. The van der Waals surface area contributed by atoms with Crippen molar-refractivity contribution in [2.75, 3.05) is 26.2 Å². The van der Waals surface area contributed by atoms with Crippen molar-refractivity contribution in [2.45, 2.75) is 26.7 Å². The zero-order valence-electron chi connectivity index (χ0n) is 14.2. The summed E-state index contributed by atoms with van der Waals surface area (Å²) in [7, 11) is 0. The molecule has 0 bridgehead atoms. The third-order valence-electron chi connectivity index (χ3n) is 3.87. The molecule has 1 aromatic heterocycles. The lowest BCUT2D eigenvalue weighted by molar-refractivity contribution is -0.120. The fourth-order valence-corrected chi connectivity index (χ4v) is 3.58. The van der Waals surface area contributed by atoms with Crippen LogP contribution in [0.15, 0.2) is 29.6 Å². The first-order chi connectivity index (χ1) is 11.6. The van der Waals surface area contributed by atoms with Crippen molar-refractivity contribution in [3.8, 4) is 10.6 Å². The molecule has 6 heteroatoms. The van der Waals surface area contributed by atoms with E-state index in [-0.39, 0.29) is 5.91 Å². The lowest BCUT2D eigenvalue weighted by Gasteiger charge is -2.17. The average Bonchev–Trinajstić information content (AvgIpc) is 3.03. The van der Waals surface area contributed by atoms with Crippen LogP contribution in [-0.2, 0) is 11.2 Å². The van der Waals surface area contributed by atoms with Gasteiger partial charge in [0.25, 0.3) is 0 Å². The summed E-state index contributed by atoms with van der Waals surface area (Å²) in [5.41, 5.74) is 1.70. The van der Waals surface area contributed by atoms with Crippen LogP contribution in [0.3, 0.4) is 0 Å². The topological polar surface area (TPSA) is 45.2 Å². The van der Waals surface area contributed by atoms with Gasteiger partial charge in [0.15, 0.2) is 0 Å². The molecular formula is C18H24ClN3OS. The van der Waals surface area contributed by atoms with E-state index in [0.717, 1.165) is 42.3 Å². The molecule has 2 rings (SSSR count). The van der Waals surface area contributed by atoms with E-state index in [1.807, 2.05) is 29.6 Å². The van der Waals surface area contributed by atoms with Gasteiger partial charge in [-0.15, -0.1) is 11.3 Å². The normalized spacial score (nSPS) is 11.0. The van der Waals surface area contributed by atoms with E-state index in [9.17, 15) is 4.79 Å². The molecule has 1 N–H and O–H groups in total. The molecule has 0 aliphatic rings. The highest BCUT2D eigenvalue weighted by atomic mass is 35.5. The summed E-state index contributed by atoms with van der Waals surface area (Å²) >= 11 is 7.71. The zero-order valence-corrected chi connectivity index (χ0v) is 15.8. The van der Waals surface area contributed by atoms with Crippen LogP contribution in [0.4, 0.5) is 0 Å². The second-order valence-corrected chi connectivity index (χ2v) is 6.80. The highest BCUT2D eigenvalue weighted by Gasteiger charge is 2.10. The first-order valence-electron chi connectivity index (χ1n) is 8.32. The molecule has 1 aromatic carbocycles. The Labute approximate surface area is 152 Å². The van der Waals surface area contributed by atoms with Crippen molar-refractivity contribution in [3.05, 3.63) is 40.4 Å². The lowest BCUT2D eigenvalue weighted by atomic mass is 10.2. The molecule has 0 unspecified atom stereocenters. The van der Waals surface area contributed by atoms with Crippen LogP contribution >= 0.6 is 22.9 Å². The number of amides is 1. The number of hydrogen-bond donors (Lipinski definition) is 1. The van der Waals surface area contributed by atoms with Gasteiger partial charge in [-0.2, -0.15) is 0 Å². The van der Waals surface area contributed by atoms with Crippen LogP contribution in [0, 0.1) is 0 Å². The maximum Gasteiger partial charge on any atom is 0.226 e. The molecule has 24 heavy (non-hydrogen) atoms. The number of hydrogen-bond acceptors (Lipinski definition) is 4. The molecule has 1 heterocycles. The van der Waals surface area contributed by atoms with Gasteiger partial charge in [0, 0.05) is 17.5 Å². The highest BCUT2D eigenvalue weighted by molar-refractivity contribution is 7.13. The predicted octanol–water partition coefficient (Wildman–Crippen LogP) is 3.85.